The number of hydrogen-bond acceptors (Lipinski definition) is 8. The van der Waals surface area contributed by atoms with E-state index < -0.39 is 27.9 Å². The summed E-state index contributed by atoms with van der Waals surface area (Å²) >= 11 is 1.14. The third-order valence-electron chi connectivity index (χ3n) is 5.84. The number of sulfonamides is 1. The van der Waals surface area contributed by atoms with Crippen molar-refractivity contribution in [1.82, 2.24) is 4.90 Å². The highest BCUT2D eigenvalue weighted by molar-refractivity contribution is 7.92. The number of rotatable bonds is 8. The summed E-state index contributed by atoms with van der Waals surface area (Å²) in [7, 11) is -2.54. The van der Waals surface area contributed by atoms with Crippen molar-refractivity contribution < 1.29 is 32.3 Å². The van der Waals surface area contributed by atoms with Crippen LogP contribution in [0.1, 0.15) is 38.1 Å². The number of benzene rings is 2. The van der Waals surface area contributed by atoms with Crippen LogP contribution >= 0.6 is 11.3 Å². The van der Waals surface area contributed by atoms with Gasteiger partial charge in [-0.05, 0) is 55.3 Å². The molecule has 1 aliphatic heterocycles. The summed E-state index contributed by atoms with van der Waals surface area (Å²) in [6.07, 6.45) is -0.0901. The van der Waals surface area contributed by atoms with E-state index >= 15 is 0 Å². The molecule has 0 saturated carbocycles. The van der Waals surface area contributed by atoms with E-state index in [1.165, 1.54) is 48.4 Å². The first-order valence-corrected chi connectivity index (χ1v) is 13.9. The Morgan fingerprint density at radius 3 is 2.47 bits per heavy atom. The van der Waals surface area contributed by atoms with E-state index in [0.29, 0.717) is 29.2 Å². The van der Waals surface area contributed by atoms with E-state index in [1.54, 1.807) is 19.1 Å². The summed E-state index contributed by atoms with van der Waals surface area (Å²) in [4.78, 5) is 40.0. The summed E-state index contributed by atoms with van der Waals surface area (Å²) in [6.45, 7) is 2.51. The summed E-state index contributed by atoms with van der Waals surface area (Å²) in [5.41, 5.74) is 6.59. The minimum atomic E-state index is -4.02. The quantitative estimate of drug-likeness (QED) is 0.382. The second-order valence-corrected chi connectivity index (χ2v) is 11.0. The first kappa shape index (κ1) is 26.9. The maximum atomic E-state index is 13.3. The first-order valence-electron chi connectivity index (χ1n) is 11.6. The summed E-state index contributed by atoms with van der Waals surface area (Å²) < 4.78 is 38.5. The van der Waals surface area contributed by atoms with Gasteiger partial charge in [-0.3, -0.25) is 14.3 Å². The molecule has 200 valence electrons. The van der Waals surface area contributed by atoms with Gasteiger partial charge < -0.3 is 25.4 Å². The van der Waals surface area contributed by atoms with Crippen LogP contribution in [0.15, 0.2) is 53.4 Å². The van der Waals surface area contributed by atoms with Crippen molar-refractivity contribution in [1.29, 1.82) is 0 Å². The van der Waals surface area contributed by atoms with Gasteiger partial charge >= 0.3 is 6.09 Å². The van der Waals surface area contributed by atoms with Crippen LogP contribution in [0, 0.1) is 0 Å². The number of carbonyl (C=O) groups excluding carboxylic acids is 3. The summed E-state index contributed by atoms with van der Waals surface area (Å²) in [5.74, 6) is -0.852. The van der Waals surface area contributed by atoms with Gasteiger partial charge in [-0.1, -0.05) is 12.1 Å². The van der Waals surface area contributed by atoms with Crippen molar-refractivity contribution in [2.45, 2.75) is 24.8 Å². The highest BCUT2D eigenvalue weighted by Gasteiger charge is 2.30. The molecule has 13 heteroatoms. The van der Waals surface area contributed by atoms with Crippen molar-refractivity contribution in [3.8, 4) is 5.75 Å². The lowest BCUT2D eigenvalue weighted by atomic mass is 10.0. The molecule has 4 N–H and O–H groups in total. The van der Waals surface area contributed by atoms with E-state index in [2.05, 4.69) is 10.0 Å². The van der Waals surface area contributed by atoms with E-state index in [0.717, 1.165) is 11.3 Å². The Morgan fingerprint density at radius 2 is 1.82 bits per heavy atom. The maximum absolute atomic E-state index is 13.3. The lowest BCUT2D eigenvalue weighted by Crippen LogP contribution is -2.36. The Kier molecular flexibility index (Phi) is 7.88. The van der Waals surface area contributed by atoms with Crippen molar-refractivity contribution in [2.75, 3.05) is 30.3 Å². The van der Waals surface area contributed by atoms with Crippen LogP contribution in [-0.4, -0.2) is 51.5 Å². The number of nitrogens with two attached hydrogens (primary N) is 1. The third kappa shape index (κ3) is 5.58. The highest BCUT2D eigenvalue weighted by Crippen LogP contribution is 2.37. The van der Waals surface area contributed by atoms with E-state index in [1.807, 2.05) is 0 Å². The molecule has 4 rings (SSSR count). The molecular weight excluding hydrogens is 532 g/mol. The van der Waals surface area contributed by atoms with Crippen LogP contribution < -0.4 is 20.5 Å². The number of methoxy groups -OCH3 is 1. The standard InChI is InChI=1S/C25H26N4O7S2/c1-3-36-25(32)29-13-12-18-20(14-29)37-24(21(18)22(26)30)27-23(31)17-6-4-5-7-19(17)28-38(33,34)16-10-8-15(35-2)9-11-16/h4-11,28H,3,12-14H2,1-2H3,(H2,26,30)(H,27,31). The van der Waals surface area contributed by atoms with Gasteiger partial charge in [-0.15, -0.1) is 11.3 Å². The predicted octanol–water partition coefficient (Wildman–Crippen LogP) is 3.42. The maximum Gasteiger partial charge on any atom is 0.410 e. The van der Waals surface area contributed by atoms with Gasteiger partial charge in [0.25, 0.3) is 21.8 Å². The normalized spacial score (nSPS) is 12.8. The molecule has 2 aromatic carbocycles. The Balaban J connectivity index is 1.59. The molecule has 0 radical (unpaired) electrons. The van der Waals surface area contributed by atoms with Crippen LogP contribution in [0.4, 0.5) is 15.5 Å². The van der Waals surface area contributed by atoms with E-state index in [4.69, 9.17) is 15.2 Å². The fourth-order valence-electron chi connectivity index (χ4n) is 4.02. The predicted molar refractivity (Wildman–Crippen MR) is 142 cm³/mol. The molecular formula is C25H26N4O7S2. The molecule has 0 saturated heterocycles. The Bertz CT molecular complexity index is 1480. The molecule has 0 aliphatic carbocycles. The molecule has 3 amide bonds. The van der Waals surface area contributed by atoms with Crippen LogP contribution in [-0.2, 0) is 27.7 Å². The van der Waals surface area contributed by atoms with Gasteiger partial charge in [0.1, 0.15) is 10.8 Å². The smallest absolute Gasteiger partial charge is 0.410 e. The van der Waals surface area contributed by atoms with Crippen molar-refractivity contribution >= 4 is 50.0 Å². The zero-order chi connectivity index (χ0) is 27.4. The molecule has 0 fully saturated rings. The molecule has 0 atom stereocenters. The molecule has 11 nitrogen and oxygen atoms in total. The fraction of sp³-hybridized carbons (Fsp3) is 0.240. The number of para-hydroxylation sites is 1. The minimum absolute atomic E-state index is 0.0124. The molecule has 0 unspecified atom stereocenters. The average molecular weight is 559 g/mol. The summed E-state index contributed by atoms with van der Waals surface area (Å²) in [6, 6.07) is 11.9. The first-order chi connectivity index (χ1) is 18.1. The number of ether oxygens (including phenoxy) is 2. The van der Waals surface area contributed by atoms with E-state index in [9.17, 15) is 22.8 Å². The number of amides is 3. The molecule has 2 heterocycles. The number of nitrogens with zero attached hydrogens (tertiary/aromatic N) is 1. The van der Waals surface area contributed by atoms with Crippen LogP contribution in [0.3, 0.4) is 0 Å². The van der Waals surface area contributed by atoms with Gasteiger partial charge in [0.2, 0.25) is 0 Å². The summed E-state index contributed by atoms with van der Waals surface area (Å²) in [5, 5.41) is 2.94. The number of primary amides is 1. The second-order valence-electron chi connectivity index (χ2n) is 8.22. The van der Waals surface area contributed by atoms with Gasteiger partial charge in [0, 0.05) is 11.4 Å². The second kappa shape index (κ2) is 11.1. The monoisotopic (exact) mass is 558 g/mol. The van der Waals surface area contributed by atoms with Gasteiger partial charge in [0.05, 0.1) is 42.0 Å². The Hall–Kier alpha value is -4.10. The lowest BCUT2D eigenvalue weighted by molar-refractivity contribution is 0.0997. The zero-order valence-electron chi connectivity index (χ0n) is 20.6. The molecule has 1 aliphatic rings. The Morgan fingerprint density at radius 1 is 1.11 bits per heavy atom. The number of carbonyl (C=O) groups is 3. The molecule has 0 spiro atoms. The van der Waals surface area contributed by atoms with Crippen LogP contribution in [0.2, 0.25) is 0 Å². The highest BCUT2D eigenvalue weighted by atomic mass is 32.2. The lowest BCUT2D eigenvalue weighted by Gasteiger charge is -2.26. The van der Waals surface area contributed by atoms with Crippen LogP contribution in [0.25, 0.3) is 0 Å². The molecule has 38 heavy (non-hydrogen) atoms. The number of thiophene rings is 1. The largest absolute Gasteiger partial charge is 0.497 e. The van der Waals surface area contributed by atoms with Crippen molar-refractivity contribution in [2.24, 2.45) is 5.73 Å². The van der Waals surface area contributed by atoms with Gasteiger partial charge in [0.15, 0.2) is 0 Å². The average Bonchev–Trinajstić information content (AvgIpc) is 3.26. The molecule has 0 bridgehead atoms. The SMILES string of the molecule is CCOC(=O)N1CCc2c(sc(NC(=O)c3ccccc3NS(=O)(=O)c3ccc(OC)cc3)c2C(N)=O)C1. The zero-order valence-corrected chi connectivity index (χ0v) is 22.3. The molecule has 3 aromatic rings. The van der Waals surface area contributed by atoms with Crippen molar-refractivity contribution in [3.63, 3.8) is 0 Å². The topological polar surface area (TPSA) is 157 Å². The van der Waals surface area contributed by atoms with E-state index in [-0.39, 0.29) is 39.9 Å². The van der Waals surface area contributed by atoms with Gasteiger partial charge in [-0.25, -0.2) is 13.2 Å². The van der Waals surface area contributed by atoms with Crippen molar-refractivity contribution in [3.05, 3.63) is 70.1 Å². The Labute approximate surface area is 223 Å². The fourth-order valence-corrected chi connectivity index (χ4v) is 6.37. The number of fused-ring (bicyclic) bond motifs is 1. The number of hydrogen-bond donors (Lipinski definition) is 3. The number of nitrogens with one attached hydrogen (secondary N) is 2. The molecule has 1 aromatic heterocycles. The van der Waals surface area contributed by atoms with Gasteiger partial charge in [-0.2, -0.15) is 0 Å². The minimum Gasteiger partial charge on any atom is -0.497 e. The third-order valence-corrected chi connectivity index (χ3v) is 8.36. The van der Waals surface area contributed by atoms with Crippen LogP contribution in [0.5, 0.6) is 5.75 Å². The number of anilines is 2.